The van der Waals surface area contributed by atoms with Gasteiger partial charge in [0.1, 0.15) is 11.4 Å². The first-order valence-corrected chi connectivity index (χ1v) is 4.07. The zero-order chi connectivity index (χ0) is 9.64. The van der Waals surface area contributed by atoms with Gasteiger partial charge in [0.2, 0.25) is 0 Å². The standard InChI is InChI=1S/C9H10N2O2/c1-9(2)10-8(13)6-4-3-5-7(12)11(6)9/h3-5H,1-2H3,(H,10,13). The normalized spacial score (nSPS) is 18.2. The fraction of sp³-hybridized carbons (Fsp3) is 0.333. The number of hydrogen-bond donors (Lipinski definition) is 1. The summed E-state index contributed by atoms with van der Waals surface area (Å²) in [6.45, 7) is 3.59. The highest BCUT2D eigenvalue weighted by Gasteiger charge is 2.34. The quantitative estimate of drug-likeness (QED) is 0.620. The minimum absolute atomic E-state index is 0.152. The number of pyridine rings is 1. The Morgan fingerprint density at radius 2 is 2.00 bits per heavy atom. The van der Waals surface area contributed by atoms with Crippen LogP contribution in [0, 0.1) is 0 Å². The minimum Gasteiger partial charge on any atom is -0.328 e. The van der Waals surface area contributed by atoms with Crippen molar-refractivity contribution in [2.24, 2.45) is 0 Å². The average molecular weight is 178 g/mol. The van der Waals surface area contributed by atoms with Gasteiger partial charge in [-0.25, -0.2) is 0 Å². The Bertz CT molecular complexity index is 431. The second-order valence-electron chi connectivity index (χ2n) is 3.60. The molecule has 1 amide bonds. The van der Waals surface area contributed by atoms with Crippen LogP contribution in [0.2, 0.25) is 0 Å². The molecule has 1 aromatic rings. The fourth-order valence-corrected chi connectivity index (χ4v) is 1.64. The first kappa shape index (κ1) is 8.04. The van der Waals surface area contributed by atoms with Gasteiger partial charge in [0.25, 0.3) is 11.5 Å². The molecule has 1 aromatic heterocycles. The second-order valence-corrected chi connectivity index (χ2v) is 3.60. The lowest BCUT2D eigenvalue weighted by Gasteiger charge is -2.20. The highest BCUT2D eigenvalue weighted by molar-refractivity contribution is 5.94. The van der Waals surface area contributed by atoms with Gasteiger partial charge in [0, 0.05) is 6.07 Å². The highest BCUT2D eigenvalue weighted by Crippen LogP contribution is 2.18. The van der Waals surface area contributed by atoms with E-state index in [0.29, 0.717) is 5.69 Å². The molecule has 1 aliphatic heterocycles. The van der Waals surface area contributed by atoms with Gasteiger partial charge in [0.15, 0.2) is 0 Å². The van der Waals surface area contributed by atoms with Crippen LogP contribution in [-0.4, -0.2) is 10.5 Å². The Morgan fingerprint density at radius 3 is 2.62 bits per heavy atom. The first-order valence-electron chi connectivity index (χ1n) is 4.07. The molecule has 4 heteroatoms. The van der Waals surface area contributed by atoms with Gasteiger partial charge in [0.05, 0.1) is 0 Å². The van der Waals surface area contributed by atoms with Crippen LogP contribution < -0.4 is 10.9 Å². The van der Waals surface area contributed by atoms with E-state index in [0.717, 1.165) is 0 Å². The third-order valence-corrected chi connectivity index (χ3v) is 2.17. The zero-order valence-electron chi connectivity index (χ0n) is 7.50. The molecule has 0 bridgehead atoms. The molecule has 0 fully saturated rings. The molecular weight excluding hydrogens is 168 g/mol. The van der Waals surface area contributed by atoms with E-state index in [1.165, 1.54) is 10.6 Å². The fourth-order valence-electron chi connectivity index (χ4n) is 1.64. The van der Waals surface area contributed by atoms with Crippen molar-refractivity contribution in [3.63, 3.8) is 0 Å². The molecule has 68 valence electrons. The summed E-state index contributed by atoms with van der Waals surface area (Å²) in [5.74, 6) is -0.192. The summed E-state index contributed by atoms with van der Waals surface area (Å²) in [4.78, 5) is 22.8. The van der Waals surface area contributed by atoms with Gasteiger partial charge >= 0.3 is 0 Å². The Kier molecular flexibility index (Phi) is 1.37. The summed E-state index contributed by atoms with van der Waals surface area (Å²) in [5, 5.41) is 2.72. The molecule has 2 heterocycles. The van der Waals surface area contributed by atoms with Gasteiger partial charge in [-0.1, -0.05) is 6.07 Å². The van der Waals surface area contributed by atoms with E-state index in [4.69, 9.17) is 0 Å². The summed E-state index contributed by atoms with van der Waals surface area (Å²) in [7, 11) is 0. The predicted octanol–water partition coefficient (Wildman–Crippen LogP) is 0.284. The maximum atomic E-state index is 11.4. The van der Waals surface area contributed by atoms with Crippen LogP contribution in [0.4, 0.5) is 0 Å². The van der Waals surface area contributed by atoms with E-state index < -0.39 is 5.66 Å². The molecule has 0 saturated heterocycles. The smallest absolute Gasteiger partial charge is 0.269 e. The van der Waals surface area contributed by atoms with Crippen molar-refractivity contribution in [1.82, 2.24) is 9.88 Å². The molecule has 13 heavy (non-hydrogen) atoms. The molecule has 1 aliphatic rings. The molecule has 0 aromatic carbocycles. The maximum absolute atomic E-state index is 11.4. The Hall–Kier alpha value is -1.58. The molecular formula is C9H10N2O2. The van der Waals surface area contributed by atoms with Gasteiger partial charge in [-0.2, -0.15) is 0 Å². The van der Waals surface area contributed by atoms with E-state index in [1.807, 2.05) is 0 Å². The maximum Gasteiger partial charge on any atom is 0.269 e. The van der Waals surface area contributed by atoms with Gasteiger partial charge in [-0.15, -0.1) is 0 Å². The average Bonchev–Trinajstić information content (AvgIpc) is 2.24. The molecule has 0 spiro atoms. The molecule has 1 N–H and O–H groups in total. The van der Waals surface area contributed by atoms with Crippen molar-refractivity contribution in [3.05, 3.63) is 34.2 Å². The lowest BCUT2D eigenvalue weighted by atomic mass is 10.2. The molecule has 0 radical (unpaired) electrons. The Labute approximate surface area is 75.2 Å². The van der Waals surface area contributed by atoms with Gasteiger partial charge in [-0.05, 0) is 19.9 Å². The van der Waals surface area contributed by atoms with Crippen molar-refractivity contribution in [2.75, 3.05) is 0 Å². The summed E-state index contributed by atoms with van der Waals surface area (Å²) < 4.78 is 1.47. The second kappa shape index (κ2) is 2.22. The van der Waals surface area contributed by atoms with Crippen LogP contribution in [0.25, 0.3) is 0 Å². The van der Waals surface area contributed by atoms with Crippen LogP contribution >= 0.6 is 0 Å². The molecule has 0 unspecified atom stereocenters. The number of rotatable bonds is 0. The minimum atomic E-state index is -0.606. The van der Waals surface area contributed by atoms with Crippen LogP contribution in [0.3, 0.4) is 0 Å². The predicted molar refractivity (Wildman–Crippen MR) is 47.5 cm³/mol. The van der Waals surface area contributed by atoms with Crippen LogP contribution in [0.5, 0.6) is 0 Å². The van der Waals surface area contributed by atoms with Gasteiger partial charge < -0.3 is 5.32 Å². The first-order chi connectivity index (χ1) is 6.02. The van der Waals surface area contributed by atoms with Crippen LogP contribution in [0.1, 0.15) is 24.3 Å². The summed E-state index contributed by atoms with van der Waals surface area (Å²) >= 11 is 0. The van der Waals surface area contributed by atoms with E-state index >= 15 is 0 Å². The van der Waals surface area contributed by atoms with Gasteiger partial charge in [-0.3, -0.25) is 14.2 Å². The SMILES string of the molecule is CC1(C)NC(=O)c2cccc(=O)n21. The number of fused-ring (bicyclic) bond motifs is 1. The third kappa shape index (κ3) is 0.983. The topological polar surface area (TPSA) is 51.1 Å². The Morgan fingerprint density at radius 1 is 1.31 bits per heavy atom. The van der Waals surface area contributed by atoms with E-state index in [1.54, 1.807) is 26.0 Å². The van der Waals surface area contributed by atoms with E-state index in [-0.39, 0.29) is 11.5 Å². The summed E-state index contributed by atoms with van der Waals surface area (Å²) in [5.41, 5.74) is -0.330. The molecule has 4 nitrogen and oxygen atoms in total. The molecule has 0 atom stereocenters. The van der Waals surface area contributed by atoms with E-state index in [2.05, 4.69) is 5.32 Å². The number of aromatic nitrogens is 1. The van der Waals surface area contributed by atoms with Crippen molar-refractivity contribution < 1.29 is 4.79 Å². The van der Waals surface area contributed by atoms with Crippen LogP contribution in [0.15, 0.2) is 23.0 Å². The lowest BCUT2D eigenvalue weighted by molar-refractivity contribution is 0.0935. The van der Waals surface area contributed by atoms with Crippen LogP contribution in [-0.2, 0) is 5.66 Å². The lowest BCUT2D eigenvalue weighted by Crippen LogP contribution is -2.41. The largest absolute Gasteiger partial charge is 0.328 e. The zero-order valence-corrected chi connectivity index (χ0v) is 7.50. The number of nitrogens with zero attached hydrogens (tertiary/aromatic N) is 1. The van der Waals surface area contributed by atoms with Crippen molar-refractivity contribution >= 4 is 5.91 Å². The molecule has 0 aliphatic carbocycles. The highest BCUT2D eigenvalue weighted by atomic mass is 16.2. The van der Waals surface area contributed by atoms with E-state index in [9.17, 15) is 9.59 Å². The summed E-state index contributed by atoms with van der Waals surface area (Å²) in [6, 6.07) is 4.69. The number of carbonyl (C=O) groups excluding carboxylic acids is 1. The number of amides is 1. The van der Waals surface area contributed by atoms with Crippen molar-refractivity contribution in [1.29, 1.82) is 0 Å². The molecule has 2 rings (SSSR count). The Balaban J connectivity index is 2.81. The number of carbonyl (C=O) groups is 1. The van der Waals surface area contributed by atoms with Crippen molar-refractivity contribution in [3.8, 4) is 0 Å². The third-order valence-electron chi connectivity index (χ3n) is 2.17. The monoisotopic (exact) mass is 178 g/mol. The number of nitrogens with one attached hydrogen (secondary N) is 1. The van der Waals surface area contributed by atoms with Crippen molar-refractivity contribution in [2.45, 2.75) is 19.5 Å². The summed E-state index contributed by atoms with van der Waals surface area (Å²) in [6.07, 6.45) is 0. The molecule has 0 saturated carbocycles. The number of hydrogen-bond acceptors (Lipinski definition) is 2.